The molecule has 3 fully saturated rings. The molecule has 0 spiro atoms. The second kappa shape index (κ2) is 6.44. The van der Waals surface area contributed by atoms with Crippen LogP contribution in [0, 0.1) is 11.8 Å². The standard InChI is InChI=1S/C16H28N2O2/c1-2-14-16(19)18(9-7-12-8-10-20-11-12)15(17-14)13-5-3-4-6-13/h12-15,17H,2-11H2,1H3. The van der Waals surface area contributed by atoms with Gasteiger partial charge in [-0.15, -0.1) is 0 Å². The second-order valence-corrected chi connectivity index (χ2v) is 6.67. The predicted molar refractivity (Wildman–Crippen MR) is 78.2 cm³/mol. The molecule has 2 aliphatic heterocycles. The van der Waals surface area contributed by atoms with Crippen LogP contribution in [0.1, 0.15) is 51.9 Å². The van der Waals surface area contributed by atoms with Crippen LogP contribution in [-0.4, -0.2) is 42.8 Å². The fourth-order valence-electron chi connectivity index (χ4n) is 4.04. The van der Waals surface area contributed by atoms with E-state index in [9.17, 15) is 4.79 Å². The maximum absolute atomic E-state index is 12.5. The van der Waals surface area contributed by atoms with Gasteiger partial charge >= 0.3 is 0 Å². The summed E-state index contributed by atoms with van der Waals surface area (Å²) in [5.41, 5.74) is 0. The van der Waals surface area contributed by atoms with Crippen LogP contribution in [0.25, 0.3) is 0 Å². The lowest BCUT2D eigenvalue weighted by Crippen LogP contribution is -2.43. The lowest BCUT2D eigenvalue weighted by Gasteiger charge is -2.29. The van der Waals surface area contributed by atoms with Crippen LogP contribution in [0.4, 0.5) is 0 Å². The van der Waals surface area contributed by atoms with Crippen LogP contribution in [0.15, 0.2) is 0 Å². The van der Waals surface area contributed by atoms with E-state index in [0.717, 1.165) is 32.6 Å². The van der Waals surface area contributed by atoms with E-state index in [2.05, 4.69) is 17.1 Å². The highest BCUT2D eigenvalue weighted by Crippen LogP contribution is 2.33. The molecule has 2 heterocycles. The van der Waals surface area contributed by atoms with Crippen molar-refractivity contribution in [3.63, 3.8) is 0 Å². The molecule has 0 radical (unpaired) electrons. The van der Waals surface area contributed by atoms with Crippen molar-refractivity contribution in [2.45, 2.75) is 64.1 Å². The highest BCUT2D eigenvalue weighted by atomic mass is 16.5. The Morgan fingerprint density at radius 1 is 1.30 bits per heavy atom. The Balaban J connectivity index is 1.61. The van der Waals surface area contributed by atoms with Crippen molar-refractivity contribution < 1.29 is 9.53 Å². The van der Waals surface area contributed by atoms with Gasteiger partial charge < -0.3 is 9.64 Å². The summed E-state index contributed by atoms with van der Waals surface area (Å²) in [6.45, 7) is 4.81. The molecule has 1 aliphatic carbocycles. The molecular weight excluding hydrogens is 252 g/mol. The first-order valence-corrected chi connectivity index (χ1v) is 8.44. The van der Waals surface area contributed by atoms with Crippen molar-refractivity contribution in [1.82, 2.24) is 10.2 Å². The van der Waals surface area contributed by atoms with Crippen molar-refractivity contribution in [2.24, 2.45) is 11.8 Å². The molecule has 0 bridgehead atoms. The summed E-state index contributed by atoms with van der Waals surface area (Å²) in [5, 5.41) is 3.60. The van der Waals surface area contributed by atoms with Gasteiger partial charge in [0.2, 0.25) is 5.91 Å². The third-order valence-electron chi connectivity index (χ3n) is 5.35. The number of ether oxygens (including phenoxy) is 1. The molecule has 3 rings (SSSR count). The van der Waals surface area contributed by atoms with Crippen LogP contribution in [0.2, 0.25) is 0 Å². The minimum atomic E-state index is 0.0560. The van der Waals surface area contributed by atoms with Gasteiger partial charge in [-0.05, 0) is 43.9 Å². The van der Waals surface area contributed by atoms with Gasteiger partial charge in [0, 0.05) is 19.8 Å². The Bertz CT molecular complexity index is 335. The van der Waals surface area contributed by atoms with Crippen LogP contribution in [0.3, 0.4) is 0 Å². The van der Waals surface area contributed by atoms with Gasteiger partial charge in [-0.2, -0.15) is 0 Å². The van der Waals surface area contributed by atoms with Crippen molar-refractivity contribution in [2.75, 3.05) is 19.8 Å². The SMILES string of the molecule is CCC1NC(C2CCCC2)N(CCC2CCOC2)C1=O. The number of carbonyl (C=O) groups is 1. The fourth-order valence-corrected chi connectivity index (χ4v) is 4.04. The van der Waals surface area contributed by atoms with Crippen LogP contribution >= 0.6 is 0 Å². The molecule has 20 heavy (non-hydrogen) atoms. The Morgan fingerprint density at radius 3 is 2.75 bits per heavy atom. The minimum Gasteiger partial charge on any atom is -0.381 e. The number of amides is 1. The van der Waals surface area contributed by atoms with Crippen LogP contribution < -0.4 is 5.32 Å². The predicted octanol–water partition coefficient (Wildman–Crippen LogP) is 2.14. The number of hydrogen-bond acceptors (Lipinski definition) is 3. The van der Waals surface area contributed by atoms with Gasteiger partial charge in [-0.1, -0.05) is 19.8 Å². The highest BCUT2D eigenvalue weighted by Gasteiger charge is 2.42. The summed E-state index contributed by atoms with van der Waals surface area (Å²) in [7, 11) is 0. The Kier molecular flexibility index (Phi) is 4.61. The topological polar surface area (TPSA) is 41.6 Å². The third kappa shape index (κ3) is 2.86. The monoisotopic (exact) mass is 280 g/mol. The zero-order valence-electron chi connectivity index (χ0n) is 12.6. The molecular formula is C16H28N2O2. The van der Waals surface area contributed by atoms with Gasteiger partial charge in [0.05, 0.1) is 12.2 Å². The number of nitrogens with one attached hydrogen (secondary N) is 1. The Hall–Kier alpha value is -0.610. The maximum Gasteiger partial charge on any atom is 0.241 e. The van der Waals surface area contributed by atoms with E-state index in [1.54, 1.807) is 0 Å². The van der Waals surface area contributed by atoms with Crippen molar-refractivity contribution in [3.8, 4) is 0 Å². The lowest BCUT2D eigenvalue weighted by atomic mass is 10.0. The molecule has 1 N–H and O–H groups in total. The van der Waals surface area contributed by atoms with Crippen molar-refractivity contribution >= 4 is 5.91 Å². The molecule has 1 amide bonds. The maximum atomic E-state index is 12.5. The molecule has 4 heteroatoms. The Morgan fingerprint density at radius 2 is 2.10 bits per heavy atom. The molecule has 0 aromatic heterocycles. The summed E-state index contributed by atoms with van der Waals surface area (Å²) in [6.07, 6.45) is 8.71. The zero-order valence-corrected chi connectivity index (χ0v) is 12.6. The Labute approximate surface area is 122 Å². The first kappa shape index (κ1) is 14.3. The van der Waals surface area contributed by atoms with E-state index >= 15 is 0 Å². The van der Waals surface area contributed by atoms with E-state index < -0.39 is 0 Å². The van der Waals surface area contributed by atoms with Gasteiger partial charge in [-0.3, -0.25) is 10.1 Å². The summed E-state index contributed by atoms with van der Waals surface area (Å²) in [5.74, 6) is 1.67. The van der Waals surface area contributed by atoms with E-state index in [1.807, 2.05) is 0 Å². The van der Waals surface area contributed by atoms with E-state index in [1.165, 1.54) is 32.1 Å². The largest absolute Gasteiger partial charge is 0.381 e. The third-order valence-corrected chi connectivity index (χ3v) is 5.35. The fraction of sp³-hybridized carbons (Fsp3) is 0.938. The molecule has 3 atom stereocenters. The number of nitrogens with zero attached hydrogens (tertiary/aromatic N) is 1. The molecule has 0 aromatic carbocycles. The highest BCUT2D eigenvalue weighted by molar-refractivity contribution is 5.84. The van der Waals surface area contributed by atoms with E-state index in [4.69, 9.17) is 4.74 Å². The van der Waals surface area contributed by atoms with E-state index in [-0.39, 0.29) is 6.04 Å². The second-order valence-electron chi connectivity index (χ2n) is 6.67. The molecule has 0 aromatic rings. The van der Waals surface area contributed by atoms with Crippen LogP contribution in [0.5, 0.6) is 0 Å². The number of hydrogen-bond donors (Lipinski definition) is 1. The van der Waals surface area contributed by atoms with Crippen molar-refractivity contribution in [1.29, 1.82) is 0 Å². The first-order chi connectivity index (χ1) is 9.79. The molecule has 4 nitrogen and oxygen atoms in total. The first-order valence-electron chi connectivity index (χ1n) is 8.44. The normalized spacial score (nSPS) is 35.4. The summed E-state index contributed by atoms with van der Waals surface area (Å²) in [6, 6.07) is 0.0560. The van der Waals surface area contributed by atoms with Gasteiger partial charge in [0.25, 0.3) is 0 Å². The molecule has 3 aliphatic rings. The summed E-state index contributed by atoms with van der Waals surface area (Å²) >= 11 is 0. The minimum absolute atomic E-state index is 0.0560. The average molecular weight is 280 g/mol. The van der Waals surface area contributed by atoms with E-state index in [0.29, 0.717) is 23.9 Å². The molecule has 3 unspecified atom stereocenters. The van der Waals surface area contributed by atoms with Gasteiger partial charge in [0.1, 0.15) is 0 Å². The molecule has 2 saturated heterocycles. The van der Waals surface area contributed by atoms with Crippen LogP contribution in [-0.2, 0) is 9.53 Å². The van der Waals surface area contributed by atoms with Gasteiger partial charge in [0.15, 0.2) is 0 Å². The summed E-state index contributed by atoms with van der Waals surface area (Å²) in [4.78, 5) is 14.7. The average Bonchev–Trinajstić information content (AvgIpc) is 3.18. The molecule has 1 saturated carbocycles. The quantitative estimate of drug-likeness (QED) is 0.839. The summed E-state index contributed by atoms with van der Waals surface area (Å²) < 4.78 is 5.45. The zero-order chi connectivity index (χ0) is 13.9. The van der Waals surface area contributed by atoms with Crippen molar-refractivity contribution in [3.05, 3.63) is 0 Å². The number of rotatable bonds is 5. The smallest absolute Gasteiger partial charge is 0.241 e. The number of carbonyl (C=O) groups excluding carboxylic acids is 1. The molecule has 114 valence electrons. The van der Waals surface area contributed by atoms with Gasteiger partial charge in [-0.25, -0.2) is 0 Å². The lowest BCUT2D eigenvalue weighted by molar-refractivity contribution is -0.130.